The van der Waals surface area contributed by atoms with E-state index in [-0.39, 0.29) is 0 Å². The Morgan fingerprint density at radius 3 is 1.67 bits per heavy atom. The molecule has 2 nitrogen and oxygen atoms in total. The molecular formula is C6H11BrO2. The SMILES string of the molecule is C=C.CC(C)(Br)C(=O)O. The van der Waals surface area contributed by atoms with Gasteiger partial charge in [-0.1, -0.05) is 15.9 Å². The molecule has 0 aromatic heterocycles. The molecule has 0 bridgehead atoms. The topological polar surface area (TPSA) is 37.3 Å². The van der Waals surface area contributed by atoms with Gasteiger partial charge in [0.05, 0.1) is 0 Å². The monoisotopic (exact) mass is 194 g/mol. The molecule has 0 aliphatic heterocycles. The van der Waals surface area contributed by atoms with Crippen LogP contribution in [0.5, 0.6) is 0 Å². The molecule has 9 heavy (non-hydrogen) atoms. The first kappa shape index (κ1) is 11.5. The van der Waals surface area contributed by atoms with Crippen molar-refractivity contribution in [2.45, 2.75) is 18.2 Å². The van der Waals surface area contributed by atoms with E-state index in [4.69, 9.17) is 5.11 Å². The fourth-order valence-electron chi connectivity index (χ4n) is 0. The minimum Gasteiger partial charge on any atom is -0.480 e. The van der Waals surface area contributed by atoms with Crippen LogP contribution in [0.1, 0.15) is 13.8 Å². The van der Waals surface area contributed by atoms with Crippen LogP contribution in [0.3, 0.4) is 0 Å². The Kier molecular flexibility index (Phi) is 5.81. The van der Waals surface area contributed by atoms with Crippen molar-refractivity contribution in [3.63, 3.8) is 0 Å². The van der Waals surface area contributed by atoms with Crippen LogP contribution in [0.15, 0.2) is 13.2 Å². The zero-order valence-electron chi connectivity index (χ0n) is 5.65. The molecule has 54 valence electrons. The van der Waals surface area contributed by atoms with E-state index in [1.165, 1.54) is 0 Å². The average molecular weight is 195 g/mol. The van der Waals surface area contributed by atoms with Crippen LogP contribution in [0.4, 0.5) is 0 Å². The largest absolute Gasteiger partial charge is 0.480 e. The van der Waals surface area contributed by atoms with Crippen molar-refractivity contribution in [3.8, 4) is 0 Å². The lowest BCUT2D eigenvalue weighted by Gasteiger charge is -2.06. The normalized spacial score (nSPS) is 9.22. The molecule has 3 heteroatoms. The Bertz CT molecular complexity index is 93.7. The van der Waals surface area contributed by atoms with Gasteiger partial charge >= 0.3 is 5.97 Å². The third kappa shape index (κ3) is 7.69. The molecule has 0 aliphatic rings. The summed E-state index contributed by atoms with van der Waals surface area (Å²) >= 11 is 2.94. The summed E-state index contributed by atoms with van der Waals surface area (Å²) < 4.78 is -0.771. The van der Waals surface area contributed by atoms with Gasteiger partial charge in [0.2, 0.25) is 0 Å². The molecular weight excluding hydrogens is 184 g/mol. The molecule has 0 saturated heterocycles. The fourth-order valence-corrected chi connectivity index (χ4v) is 0. The summed E-state index contributed by atoms with van der Waals surface area (Å²) in [5, 5.41) is 8.20. The summed E-state index contributed by atoms with van der Waals surface area (Å²) in [5.41, 5.74) is 0. The lowest BCUT2D eigenvalue weighted by atomic mass is 10.2. The van der Waals surface area contributed by atoms with E-state index in [2.05, 4.69) is 29.1 Å². The molecule has 0 fully saturated rings. The van der Waals surface area contributed by atoms with Crippen molar-refractivity contribution in [1.29, 1.82) is 0 Å². The van der Waals surface area contributed by atoms with Gasteiger partial charge in [-0.15, -0.1) is 13.2 Å². The van der Waals surface area contributed by atoms with Gasteiger partial charge in [-0.2, -0.15) is 0 Å². The quantitative estimate of drug-likeness (QED) is 0.513. The number of hydrogen-bond acceptors (Lipinski definition) is 1. The maximum Gasteiger partial charge on any atom is 0.319 e. The second-order valence-corrected chi connectivity index (χ2v) is 3.76. The number of halogens is 1. The van der Waals surface area contributed by atoms with Crippen molar-refractivity contribution in [1.82, 2.24) is 0 Å². The first-order chi connectivity index (χ1) is 3.94. The van der Waals surface area contributed by atoms with Crippen LogP contribution in [-0.4, -0.2) is 15.4 Å². The van der Waals surface area contributed by atoms with Crippen LogP contribution in [0.2, 0.25) is 0 Å². The average Bonchev–Trinajstić information content (AvgIpc) is 1.69. The Morgan fingerprint density at radius 1 is 1.56 bits per heavy atom. The van der Waals surface area contributed by atoms with Gasteiger partial charge in [0.15, 0.2) is 0 Å². The van der Waals surface area contributed by atoms with Crippen molar-refractivity contribution in [2.75, 3.05) is 0 Å². The van der Waals surface area contributed by atoms with E-state index in [9.17, 15) is 4.79 Å². The third-order valence-corrected chi connectivity index (χ3v) is 0.848. The lowest BCUT2D eigenvalue weighted by Crippen LogP contribution is -2.22. The Morgan fingerprint density at radius 2 is 1.67 bits per heavy atom. The molecule has 0 radical (unpaired) electrons. The molecule has 1 N–H and O–H groups in total. The highest BCUT2D eigenvalue weighted by atomic mass is 79.9. The highest BCUT2D eigenvalue weighted by Gasteiger charge is 2.21. The number of alkyl halides is 1. The second kappa shape index (κ2) is 4.56. The van der Waals surface area contributed by atoms with Gasteiger partial charge in [0, 0.05) is 0 Å². The fraction of sp³-hybridized carbons (Fsp3) is 0.500. The Balaban J connectivity index is 0. The molecule has 0 amide bonds. The first-order valence-corrected chi connectivity index (χ1v) is 3.16. The molecule has 0 aromatic carbocycles. The highest BCUT2D eigenvalue weighted by molar-refractivity contribution is 9.10. The Hall–Kier alpha value is -0.310. The summed E-state index contributed by atoms with van der Waals surface area (Å²) in [4.78, 5) is 9.97. The number of carboxylic acid groups (broad SMARTS) is 1. The molecule has 0 unspecified atom stereocenters. The summed E-state index contributed by atoms with van der Waals surface area (Å²) in [6, 6.07) is 0. The van der Waals surface area contributed by atoms with Crippen LogP contribution in [0.25, 0.3) is 0 Å². The van der Waals surface area contributed by atoms with Crippen molar-refractivity contribution in [2.24, 2.45) is 0 Å². The number of rotatable bonds is 1. The van der Waals surface area contributed by atoms with E-state index < -0.39 is 10.3 Å². The van der Waals surface area contributed by atoms with Gasteiger partial charge in [-0.25, -0.2) is 0 Å². The molecule has 0 heterocycles. The van der Waals surface area contributed by atoms with Crippen LogP contribution in [-0.2, 0) is 4.79 Å². The second-order valence-electron chi connectivity index (χ2n) is 1.78. The van der Waals surface area contributed by atoms with Gasteiger partial charge in [0.1, 0.15) is 4.32 Å². The summed E-state index contributed by atoms with van der Waals surface area (Å²) in [5.74, 6) is -0.840. The molecule has 0 saturated carbocycles. The summed E-state index contributed by atoms with van der Waals surface area (Å²) in [7, 11) is 0. The zero-order valence-corrected chi connectivity index (χ0v) is 7.23. The molecule has 0 aliphatic carbocycles. The van der Waals surface area contributed by atoms with Crippen molar-refractivity contribution in [3.05, 3.63) is 13.2 Å². The zero-order chi connectivity index (χ0) is 8.08. The van der Waals surface area contributed by atoms with Crippen LogP contribution < -0.4 is 0 Å². The number of carbonyl (C=O) groups is 1. The van der Waals surface area contributed by atoms with E-state index in [1.54, 1.807) is 13.8 Å². The maximum atomic E-state index is 9.97. The molecule has 0 aromatic rings. The molecule has 0 atom stereocenters. The predicted molar refractivity (Wildman–Crippen MR) is 41.9 cm³/mol. The van der Waals surface area contributed by atoms with Gasteiger partial charge < -0.3 is 5.11 Å². The van der Waals surface area contributed by atoms with E-state index in [1.807, 2.05) is 0 Å². The van der Waals surface area contributed by atoms with Crippen LogP contribution >= 0.6 is 15.9 Å². The van der Waals surface area contributed by atoms with Gasteiger partial charge in [0.25, 0.3) is 0 Å². The lowest BCUT2D eigenvalue weighted by molar-refractivity contribution is -0.138. The number of aliphatic carboxylic acids is 1. The van der Waals surface area contributed by atoms with Crippen molar-refractivity contribution < 1.29 is 9.90 Å². The maximum absolute atomic E-state index is 9.97. The minimum atomic E-state index is -0.840. The summed E-state index contributed by atoms with van der Waals surface area (Å²) in [6.07, 6.45) is 0. The number of carboxylic acids is 1. The first-order valence-electron chi connectivity index (χ1n) is 2.37. The smallest absolute Gasteiger partial charge is 0.319 e. The van der Waals surface area contributed by atoms with Crippen molar-refractivity contribution >= 4 is 21.9 Å². The van der Waals surface area contributed by atoms with E-state index in [0.29, 0.717) is 0 Å². The van der Waals surface area contributed by atoms with E-state index in [0.717, 1.165) is 0 Å². The minimum absolute atomic E-state index is 0.771. The third-order valence-electron chi connectivity index (χ3n) is 0.509. The van der Waals surface area contributed by atoms with E-state index >= 15 is 0 Å². The predicted octanol–water partition coefficient (Wildman–Crippen LogP) is 2.05. The van der Waals surface area contributed by atoms with Gasteiger partial charge in [-0.05, 0) is 13.8 Å². The number of hydrogen-bond donors (Lipinski definition) is 1. The molecule has 0 spiro atoms. The standard InChI is InChI=1S/C4H7BrO2.C2H4/c1-4(2,5)3(6)7;1-2/h1-2H3,(H,6,7);1-2H2. The van der Waals surface area contributed by atoms with Gasteiger partial charge in [-0.3, -0.25) is 4.79 Å². The van der Waals surface area contributed by atoms with Crippen LogP contribution in [0, 0.1) is 0 Å². The highest BCUT2D eigenvalue weighted by Crippen LogP contribution is 2.14. The molecule has 0 rings (SSSR count). The summed E-state index contributed by atoms with van der Waals surface area (Å²) in [6.45, 7) is 9.16. The Labute approximate surface area is 63.7 Å².